The van der Waals surface area contributed by atoms with E-state index in [1.54, 1.807) is 25.1 Å². The van der Waals surface area contributed by atoms with Crippen molar-refractivity contribution in [3.8, 4) is 5.75 Å². The van der Waals surface area contributed by atoms with Crippen LogP contribution in [0.3, 0.4) is 0 Å². The molecule has 9 heteroatoms. The lowest BCUT2D eigenvalue weighted by Crippen LogP contribution is -2.27. The molecule has 6 nitrogen and oxygen atoms in total. The molecule has 0 aromatic heterocycles. The standard InChI is InChI=1S/C22H19Cl2NO5S/c1-3-29-19(26)12-30-20-16(23)8-14(9-17(20)24)10-18-21(27)25(22(28)31-18)11-15-7-5-4-6-13(15)2/h4-10H,3,11-12H2,1-2H3/b18-10-. The smallest absolute Gasteiger partial charge is 0.344 e. The van der Waals surface area contributed by atoms with Gasteiger partial charge in [0.1, 0.15) is 0 Å². The highest BCUT2D eigenvalue weighted by Gasteiger charge is 2.35. The van der Waals surface area contributed by atoms with Crippen LogP contribution in [0.15, 0.2) is 41.3 Å². The molecule has 2 amide bonds. The van der Waals surface area contributed by atoms with Crippen molar-refractivity contribution >= 4 is 58.2 Å². The Hall–Kier alpha value is -2.48. The number of halogens is 2. The Morgan fingerprint density at radius 3 is 2.48 bits per heavy atom. The molecule has 0 aliphatic carbocycles. The first-order valence-electron chi connectivity index (χ1n) is 9.37. The number of amides is 2. The van der Waals surface area contributed by atoms with Crippen LogP contribution in [0.4, 0.5) is 4.79 Å². The summed E-state index contributed by atoms with van der Waals surface area (Å²) in [6.45, 7) is 3.73. The Balaban J connectivity index is 1.77. The highest BCUT2D eigenvalue weighted by molar-refractivity contribution is 8.18. The molecule has 0 bridgehead atoms. The number of thioether (sulfide) groups is 1. The van der Waals surface area contributed by atoms with Crippen molar-refractivity contribution in [1.82, 2.24) is 4.90 Å². The molecule has 1 aliphatic rings. The maximum atomic E-state index is 12.8. The van der Waals surface area contributed by atoms with Crippen molar-refractivity contribution in [1.29, 1.82) is 0 Å². The van der Waals surface area contributed by atoms with Gasteiger partial charge in [0.25, 0.3) is 11.1 Å². The minimum atomic E-state index is -0.541. The van der Waals surface area contributed by atoms with Gasteiger partial charge in [-0.2, -0.15) is 0 Å². The second-order valence-corrected chi connectivity index (χ2v) is 8.41. The highest BCUT2D eigenvalue weighted by atomic mass is 35.5. The Bertz CT molecular complexity index is 1050. The van der Waals surface area contributed by atoms with E-state index in [9.17, 15) is 14.4 Å². The van der Waals surface area contributed by atoms with E-state index in [2.05, 4.69) is 0 Å². The lowest BCUT2D eigenvalue weighted by molar-refractivity contribution is -0.145. The molecule has 1 aliphatic heterocycles. The number of hydrogen-bond donors (Lipinski definition) is 0. The topological polar surface area (TPSA) is 72.9 Å². The molecule has 3 rings (SSSR count). The summed E-state index contributed by atoms with van der Waals surface area (Å²) in [7, 11) is 0. The molecule has 0 spiro atoms. The quantitative estimate of drug-likeness (QED) is 0.386. The van der Waals surface area contributed by atoms with Gasteiger partial charge in [-0.05, 0) is 60.5 Å². The number of hydrogen-bond acceptors (Lipinski definition) is 6. The molecule has 162 valence electrons. The number of esters is 1. The number of benzene rings is 2. The first kappa shape index (κ1) is 23.2. The summed E-state index contributed by atoms with van der Waals surface area (Å²) in [5, 5.41) is -0.00420. The van der Waals surface area contributed by atoms with Crippen LogP contribution in [-0.2, 0) is 20.9 Å². The molecule has 2 aromatic rings. The molecule has 0 unspecified atom stereocenters. The van der Waals surface area contributed by atoms with E-state index in [4.69, 9.17) is 32.7 Å². The normalized spacial score (nSPS) is 15.0. The first-order chi connectivity index (χ1) is 14.8. The zero-order valence-corrected chi connectivity index (χ0v) is 19.1. The maximum Gasteiger partial charge on any atom is 0.344 e. The summed E-state index contributed by atoms with van der Waals surface area (Å²) < 4.78 is 10.1. The van der Waals surface area contributed by atoms with Crippen molar-refractivity contribution in [2.75, 3.05) is 13.2 Å². The summed E-state index contributed by atoms with van der Waals surface area (Å²) in [5.74, 6) is -0.782. The average Bonchev–Trinajstić information content (AvgIpc) is 2.96. The molecule has 0 radical (unpaired) electrons. The number of carbonyl (C=O) groups is 3. The fourth-order valence-electron chi connectivity index (χ4n) is 2.88. The van der Waals surface area contributed by atoms with Crippen molar-refractivity contribution in [2.45, 2.75) is 20.4 Å². The van der Waals surface area contributed by atoms with E-state index in [0.717, 1.165) is 22.9 Å². The van der Waals surface area contributed by atoms with Crippen LogP contribution in [0.5, 0.6) is 5.75 Å². The number of nitrogens with zero attached hydrogens (tertiary/aromatic N) is 1. The summed E-state index contributed by atoms with van der Waals surface area (Å²) in [6, 6.07) is 10.7. The lowest BCUT2D eigenvalue weighted by atomic mass is 10.1. The SMILES string of the molecule is CCOC(=O)COc1c(Cl)cc(/C=C2\SC(=O)N(Cc3ccccc3C)C2=O)cc1Cl. The van der Waals surface area contributed by atoms with Crippen LogP contribution in [0.2, 0.25) is 10.0 Å². The van der Waals surface area contributed by atoms with Gasteiger partial charge in [-0.3, -0.25) is 14.5 Å². The van der Waals surface area contributed by atoms with Gasteiger partial charge in [0.2, 0.25) is 0 Å². The third-order valence-electron chi connectivity index (χ3n) is 4.42. The van der Waals surface area contributed by atoms with E-state index in [-0.39, 0.29) is 51.6 Å². The molecular weight excluding hydrogens is 461 g/mol. The van der Waals surface area contributed by atoms with E-state index in [0.29, 0.717) is 5.56 Å². The first-order valence-corrected chi connectivity index (χ1v) is 10.9. The molecule has 0 N–H and O–H groups in total. The molecule has 1 saturated heterocycles. The van der Waals surface area contributed by atoms with Crippen LogP contribution in [0, 0.1) is 6.92 Å². The number of imide groups is 1. The van der Waals surface area contributed by atoms with Crippen molar-refractivity contribution in [3.05, 3.63) is 68.0 Å². The Labute approximate surface area is 194 Å². The van der Waals surface area contributed by atoms with Gasteiger partial charge in [0, 0.05) is 0 Å². The average molecular weight is 480 g/mol. The zero-order valence-electron chi connectivity index (χ0n) is 16.8. The third kappa shape index (κ3) is 5.61. The van der Waals surface area contributed by atoms with Gasteiger partial charge in [-0.1, -0.05) is 47.5 Å². The monoisotopic (exact) mass is 479 g/mol. The Morgan fingerprint density at radius 1 is 1.16 bits per heavy atom. The second kappa shape index (κ2) is 10.2. The van der Waals surface area contributed by atoms with E-state index in [1.807, 2.05) is 31.2 Å². The molecule has 1 fully saturated rings. The Kier molecular flexibility index (Phi) is 7.64. The molecular formula is C22H19Cl2NO5S. The molecule has 2 aromatic carbocycles. The largest absolute Gasteiger partial charge is 0.479 e. The van der Waals surface area contributed by atoms with Crippen molar-refractivity contribution in [3.63, 3.8) is 0 Å². The maximum absolute atomic E-state index is 12.8. The van der Waals surface area contributed by atoms with Gasteiger partial charge in [-0.15, -0.1) is 0 Å². The van der Waals surface area contributed by atoms with Gasteiger partial charge in [0.15, 0.2) is 12.4 Å². The summed E-state index contributed by atoms with van der Waals surface area (Å²) in [5.41, 5.74) is 2.43. The number of ether oxygens (including phenoxy) is 2. The van der Waals surface area contributed by atoms with E-state index < -0.39 is 5.97 Å². The highest BCUT2D eigenvalue weighted by Crippen LogP contribution is 2.38. The Morgan fingerprint density at radius 2 is 1.84 bits per heavy atom. The van der Waals surface area contributed by atoms with Crippen molar-refractivity contribution in [2.24, 2.45) is 0 Å². The summed E-state index contributed by atoms with van der Waals surface area (Å²) >= 11 is 13.3. The van der Waals surface area contributed by atoms with Crippen LogP contribution in [0.1, 0.15) is 23.6 Å². The third-order valence-corrected chi connectivity index (χ3v) is 5.89. The minimum absolute atomic E-state index is 0.140. The molecule has 31 heavy (non-hydrogen) atoms. The van der Waals surface area contributed by atoms with Crippen molar-refractivity contribution < 1.29 is 23.9 Å². The van der Waals surface area contributed by atoms with Gasteiger partial charge in [-0.25, -0.2) is 4.79 Å². The molecule has 1 heterocycles. The summed E-state index contributed by atoms with van der Waals surface area (Å²) in [6.07, 6.45) is 1.55. The minimum Gasteiger partial charge on any atom is -0.479 e. The number of rotatable bonds is 7. The zero-order chi connectivity index (χ0) is 22.5. The number of aryl methyl sites for hydroxylation is 1. The van der Waals surface area contributed by atoms with Crippen LogP contribution in [0.25, 0.3) is 6.08 Å². The lowest BCUT2D eigenvalue weighted by Gasteiger charge is -2.14. The fourth-order valence-corrected chi connectivity index (χ4v) is 4.33. The van der Waals surface area contributed by atoms with Gasteiger partial charge >= 0.3 is 5.97 Å². The fraction of sp³-hybridized carbons (Fsp3) is 0.227. The predicted molar refractivity (Wildman–Crippen MR) is 121 cm³/mol. The second-order valence-electron chi connectivity index (χ2n) is 6.60. The predicted octanol–water partition coefficient (Wildman–Crippen LogP) is 5.48. The van der Waals surface area contributed by atoms with Gasteiger partial charge < -0.3 is 9.47 Å². The summed E-state index contributed by atoms with van der Waals surface area (Å²) in [4.78, 5) is 38.1. The van der Waals surface area contributed by atoms with Crippen LogP contribution < -0.4 is 4.74 Å². The van der Waals surface area contributed by atoms with Crippen LogP contribution >= 0.6 is 35.0 Å². The van der Waals surface area contributed by atoms with E-state index in [1.165, 1.54) is 4.90 Å². The molecule has 0 atom stereocenters. The van der Waals surface area contributed by atoms with E-state index >= 15 is 0 Å². The van der Waals surface area contributed by atoms with Crippen LogP contribution in [-0.4, -0.2) is 35.2 Å². The van der Waals surface area contributed by atoms with Gasteiger partial charge in [0.05, 0.1) is 28.1 Å². The number of carbonyl (C=O) groups excluding carboxylic acids is 3. The molecule has 0 saturated carbocycles.